The first-order valence-electron chi connectivity index (χ1n) is 14.4. The Kier molecular flexibility index (Phi) is 4.92. The van der Waals surface area contributed by atoms with Crippen molar-refractivity contribution in [1.82, 2.24) is 0 Å². The second kappa shape index (κ2) is 7.24. The molecular formula is C33H48. The molecule has 0 aromatic heterocycles. The molecule has 0 nitrogen and oxygen atoms in total. The predicted molar refractivity (Wildman–Crippen MR) is 141 cm³/mol. The molecule has 0 amide bonds. The van der Waals surface area contributed by atoms with Crippen LogP contribution >= 0.6 is 0 Å². The molecule has 5 aliphatic carbocycles. The standard InChI is InChI=1S/C33H48/c1-22-9-7-10-23(21-22)25-15-19-33(6)28(30(25,2)3)16-20-32(5)27-14-18-31(4)17-8-11-26(31)24(27)12-13-29(32)33/h7,9-10,15,21,24,26-29H,8,11-14,16-20H2,1-6H3/t24-,26?,27?,28?,29?,31-,32+,33+/m1/s1. The topological polar surface area (TPSA) is 0 Å². The van der Waals surface area contributed by atoms with Gasteiger partial charge in [0.15, 0.2) is 0 Å². The lowest BCUT2D eigenvalue weighted by Gasteiger charge is -2.68. The molecule has 0 bridgehead atoms. The third-order valence-electron chi connectivity index (χ3n) is 12.9. The van der Waals surface area contributed by atoms with Gasteiger partial charge in [0.25, 0.3) is 0 Å². The molecule has 4 unspecified atom stereocenters. The molecule has 0 spiro atoms. The minimum absolute atomic E-state index is 0.259. The van der Waals surface area contributed by atoms with Crippen LogP contribution in [0.5, 0.6) is 0 Å². The minimum atomic E-state index is 0.259. The van der Waals surface area contributed by atoms with Gasteiger partial charge in [-0.25, -0.2) is 0 Å². The fraction of sp³-hybridized carbons (Fsp3) is 0.758. The second-order valence-electron chi connectivity index (χ2n) is 14.6. The van der Waals surface area contributed by atoms with Gasteiger partial charge in [-0.05, 0) is 127 Å². The van der Waals surface area contributed by atoms with Crippen LogP contribution in [0.25, 0.3) is 5.57 Å². The third-order valence-corrected chi connectivity index (χ3v) is 12.9. The molecule has 0 heteroatoms. The Morgan fingerprint density at radius 2 is 1.58 bits per heavy atom. The molecule has 5 aliphatic rings. The minimum Gasteiger partial charge on any atom is -0.0796 e. The van der Waals surface area contributed by atoms with Gasteiger partial charge in [-0.15, -0.1) is 0 Å². The fourth-order valence-corrected chi connectivity index (χ4v) is 11.5. The molecule has 4 saturated carbocycles. The summed E-state index contributed by atoms with van der Waals surface area (Å²) in [5.74, 6) is 4.78. The number of aryl methyl sites for hydroxylation is 1. The quantitative estimate of drug-likeness (QED) is 0.404. The lowest BCUT2D eigenvalue weighted by Crippen LogP contribution is -2.60. The Balaban J connectivity index is 1.35. The summed E-state index contributed by atoms with van der Waals surface area (Å²) < 4.78 is 0. The monoisotopic (exact) mass is 444 g/mol. The van der Waals surface area contributed by atoms with E-state index in [1.807, 2.05) is 0 Å². The average Bonchev–Trinajstić information content (AvgIpc) is 3.15. The van der Waals surface area contributed by atoms with Crippen molar-refractivity contribution in [1.29, 1.82) is 0 Å². The molecular weight excluding hydrogens is 396 g/mol. The van der Waals surface area contributed by atoms with Crippen molar-refractivity contribution in [2.75, 3.05) is 0 Å². The number of hydrogen-bond donors (Lipinski definition) is 0. The van der Waals surface area contributed by atoms with Gasteiger partial charge in [0.2, 0.25) is 0 Å². The number of rotatable bonds is 1. The van der Waals surface area contributed by atoms with Crippen LogP contribution in [0.4, 0.5) is 0 Å². The highest BCUT2D eigenvalue weighted by molar-refractivity contribution is 5.72. The second-order valence-corrected chi connectivity index (χ2v) is 14.6. The van der Waals surface area contributed by atoms with E-state index in [1.54, 1.807) is 5.57 Å². The molecule has 8 atom stereocenters. The first-order chi connectivity index (χ1) is 15.6. The molecule has 0 saturated heterocycles. The van der Waals surface area contributed by atoms with Crippen LogP contribution < -0.4 is 0 Å². The van der Waals surface area contributed by atoms with E-state index in [2.05, 4.69) is 71.9 Å². The Morgan fingerprint density at radius 3 is 2.36 bits per heavy atom. The summed E-state index contributed by atoms with van der Waals surface area (Å²) in [6, 6.07) is 9.29. The van der Waals surface area contributed by atoms with E-state index in [9.17, 15) is 0 Å². The van der Waals surface area contributed by atoms with Gasteiger partial charge in [0.05, 0.1) is 0 Å². The van der Waals surface area contributed by atoms with Gasteiger partial charge < -0.3 is 0 Å². The molecule has 4 fully saturated rings. The lowest BCUT2D eigenvalue weighted by molar-refractivity contribution is -0.176. The Morgan fingerprint density at radius 1 is 0.758 bits per heavy atom. The molecule has 0 heterocycles. The van der Waals surface area contributed by atoms with Gasteiger partial charge in [0.1, 0.15) is 0 Å². The summed E-state index contributed by atoms with van der Waals surface area (Å²) in [5.41, 5.74) is 6.48. The van der Waals surface area contributed by atoms with Gasteiger partial charge in [-0.3, -0.25) is 0 Å². The van der Waals surface area contributed by atoms with Crippen molar-refractivity contribution in [3.8, 4) is 0 Å². The van der Waals surface area contributed by atoms with Gasteiger partial charge in [-0.2, -0.15) is 0 Å². The number of benzene rings is 1. The van der Waals surface area contributed by atoms with E-state index in [0.717, 1.165) is 29.6 Å². The largest absolute Gasteiger partial charge is 0.0796 e. The summed E-state index contributed by atoms with van der Waals surface area (Å²) in [6.45, 7) is 15.6. The number of allylic oxidation sites excluding steroid dienone is 2. The Labute approximate surface area is 204 Å². The summed E-state index contributed by atoms with van der Waals surface area (Å²) in [5, 5.41) is 0. The zero-order chi connectivity index (χ0) is 23.2. The summed E-state index contributed by atoms with van der Waals surface area (Å²) >= 11 is 0. The maximum Gasteiger partial charge on any atom is -0.00671 e. The van der Waals surface area contributed by atoms with E-state index in [0.29, 0.717) is 16.2 Å². The Hall–Kier alpha value is -1.04. The molecule has 0 aliphatic heterocycles. The maximum absolute atomic E-state index is 2.78. The van der Waals surface area contributed by atoms with Gasteiger partial charge >= 0.3 is 0 Å². The van der Waals surface area contributed by atoms with E-state index in [4.69, 9.17) is 0 Å². The zero-order valence-corrected chi connectivity index (χ0v) is 22.3. The summed E-state index contributed by atoms with van der Waals surface area (Å²) in [4.78, 5) is 0. The molecule has 6 rings (SSSR count). The van der Waals surface area contributed by atoms with Gasteiger partial charge in [0, 0.05) is 0 Å². The van der Waals surface area contributed by atoms with Crippen molar-refractivity contribution >= 4 is 5.57 Å². The van der Waals surface area contributed by atoms with Crippen LogP contribution in [0.3, 0.4) is 0 Å². The maximum atomic E-state index is 2.78. The lowest BCUT2D eigenvalue weighted by atomic mass is 9.36. The highest BCUT2D eigenvalue weighted by Crippen LogP contribution is 2.73. The zero-order valence-electron chi connectivity index (χ0n) is 22.3. The third kappa shape index (κ3) is 3.00. The van der Waals surface area contributed by atoms with Crippen molar-refractivity contribution in [2.24, 2.45) is 51.2 Å². The van der Waals surface area contributed by atoms with Crippen LogP contribution in [0.2, 0.25) is 0 Å². The van der Waals surface area contributed by atoms with E-state index in [-0.39, 0.29) is 5.41 Å². The highest BCUT2D eigenvalue weighted by Gasteiger charge is 2.64. The number of fused-ring (bicyclic) bond motifs is 7. The Bertz CT molecular complexity index is 966. The average molecular weight is 445 g/mol. The van der Waals surface area contributed by atoms with E-state index < -0.39 is 0 Å². The van der Waals surface area contributed by atoms with Crippen LogP contribution in [-0.2, 0) is 0 Å². The molecule has 1 aromatic rings. The smallest absolute Gasteiger partial charge is 0.00671 e. The van der Waals surface area contributed by atoms with E-state index in [1.165, 1.54) is 75.3 Å². The van der Waals surface area contributed by atoms with Crippen LogP contribution in [0, 0.1) is 58.2 Å². The molecule has 180 valence electrons. The van der Waals surface area contributed by atoms with Crippen LogP contribution in [0.15, 0.2) is 30.3 Å². The SMILES string of the molecule is Cc1cccc(C2=CC[C@@]3(C)C(CC[C@@]4(C)C5CC[C@@]6(C)CCCC6[C@H]5CCC43)C2(C)C)c1. The molecule has 0 N–H and O–H groups in total. The van der Waals surface area contributed by atoms with Crippen LogP contribution in [-0.4, -0.2) is 0 Å². The predicted octanol–water partition coefficient (Wildman–Crippen LogP) is 9.47. The highest BCUT2D eigenvalue weighted by atomic mass is 14.7. The summed E-state index contributed by atoms with van der Waals surface area (Å²) in [7, 11) is 0. The first kappa shape index (κ1) is 22.4. The normalized spacial score (nSPS) is 48.2. The van der Waals surface area contributed by atoms with Crippen molar-refractivity contribution in [2.45, 2.75) is 106 Å². The van der Waals surface area contributed by atoms with Crippen LogP contribution in [0.1, 0.15) is 110 Å². The van der Waals surface area contributed by atoms with Crippen molar-refractivity contribution < 1.29 is 0 Å². The van der Waals surface area contributed by atoms with E-state index >= 15 is 0 Å². The fourth-order valence-electron chi connectivity index (χ4n) is 11.5. The molecule has 1 aromatic carbocycles. The summed E-state index contributed by atoms with van der Waals surface area (Å²) in [6.07, 6.45) is 17.5. The number of hydrogen-bond acceptors (Lipinski definition) is 0. The van der Waals surface area contributed by atoms with Gasteiger partial charge in [-0.1, -0.05) is 76.9 Å². The molecule has 33 heavy (non-hydrogen) atoms. The van der Waals surface area contributed by atoms with Crippen molar-refractivity contribution in [3.63, 3.8) is 0 Å². The first-order valence-corrected chi connectivity index (χ1v) is 14.4. The van der Waals surface area contributed by atoms with Crippen molar-refractivity contribution in [3.05, 3.63) is 41.5 Å². The molecule has 0 radical (unpaired) electrons.